The van der Waals surface area contributed by atoms with Crippen LogP contribution in [0.4, 0.5) is 4.39 Å². The molecule has 1 amide bonds. The lowest BCUT2D eigenvalue weighted by Gasteiger charge is -2.04. The van der Waals surface area contributed by atoms with E-state index in [-0.39, 0.29) is 11.7 Å². The number of hydrogen-bond donors (Lipinski definition) is 1. The van der Waals surface area contributed by atoms with Crippen molar-refractivity contribution < 1.29 is 9.18 Å². The Balaban J connectivity index is 1.46. The number of nitrogens with one attached hydrogen (secondary N) is 1. The second-order valence-electron chi connectivity index (χ2n) is 5.45. The first kappa shape index (κ1) is 17.0. The summed E-state index contributed by atoms with van der Waals surface area (Å²) < 4.78 is 14.6. The first-order valence-corrected chi connectivity index (χ1v) is 9.44. The molecule has 4 nitrogen and oxygen atoms in total. The van der Waals surface area contributed by atoms with E-state index in [1.807, 2.05) is 24.7 Å². The number of amides is 1. The van der Waals surface area contributed by atoms with Gasteiger partial charge in [0.25, 0.3) is 5.91 Å². The normalized spacial score (nSPS) is 11.1. The third-order valence-electron chi connectivity index (χ3n) is 3.61. The number of aromatic nitrogens is 2. The Morgan fingerprint density at radius 2 is 2.12 bits per heavy atom. The predicted octanol–water partition coefficient (Wildman–Crippen LogP) is 3.99. The van der Waals surface area contributed by atoms with Crippen LogP contribution in [0.2, 0.25) is 0 Å². The van der Waals surface area contributed by atoms with Crippen LogP contribution in [0.25, 0.3) is 10.2 Å². The molecular weight excluding hydrogens is 345 g/mol. The molecule has 7 heteroatoms. The average molecular weight is 363 g/mol. The van der Waals surface area contributed by atoms with Crippen molar-refractivity contribution in [2.75, 3.05) is 12.3 Å². The Morgan fingerprint density at radius 3 is 2.83 bits per heavy atom. The van der Waals surface area contributed by atoms with E-state index in [0.29, 0.717) is 11.4 Å². The van der Waals surface area contributed by atoms with Crippen molar-refractivity contribution in [2.45, 2.75) is 18.2 Å². The summed E-state index contributed by atoms with van der Waals surface area (Å²) in [5.41, 5.74) is 0.943. The summed E-state index contributed by atoms with van der Waals surface area (Å²) in [7, 11) is 1.89. The topological polar surface area (TPSA) is 46.9 Å². The molecule has 0 spiro atoms. The molecule has 3 aromatic rings. The number of thioether (sulfide) groups is 1. The monoisotopic (exact) mass is 363 g/mol. The molecule has 0 saturated heterocycles. The standard InChI is InChI=1S/C17H18FN3OS2/c1-11-14-10-15(24-17(14)21(2)20-11)16(22)19-8-3-9-23-13-6-4-12(18)5-7-13/h4-7,10H,3,8-9H2,1-2H3,(H,19,22). The van der Waals surface area contributed by atoms with Crippen molar-refractivity contribution in [3.8, 4) is 0 Å². The second-order valence-corrected chi connectivity index (χ2v) is 7.65. The van der Waals surface area contributed by atoms with Gasteiger partial charge in [-0.25, -0.2) is 4.39 Å². The van der Waals surface area contributed by atoms with Gasteiger partial charge < -0.3 is 5.32 Å². The van der Waals surface area contributed by atoms with E-state index in [1.54, 1.807) is 23.9 Å². The zero-order valence-electron chi connectivity index (χ0n) is 13.5. The zero-order chi connectivity index (χ0) is 17.1. The quantitative estimate of drug-likeness (QED) is 0.532. The van der Waals surface area contributed by atoms with Crippen LogP contribution in [0.15, 0.2) is 35.2 Å². The van der Waals surface area contributed by atoms with Gasteiger partial charge in [-0.05, 0) is 49.4 Å². The summed E-state index contributed by atoms with van der Waals surface area (Å²) in [6.07, 6.45) is 0.860. The molecule has 0 saturated carbocycles. The fourth-order valence-corrected chi connectivity index (χ4v) is 4.29. The van der Waals surface area contributed by atoms with Gasteiger partial charge in [0.15, 0.2) is 0 Å². The summed E-state index contributed by atoms with van der Waals surface area (Å²) in [5.74, 6) is 0.615. The molecule has 0 bridgehead atoms. The third kappa shape index (κ3) is 3.79. The van der Waals surface area contributed by atoms with Crippen LogP contribution in [-0.4, -0.2) is 28.0 Å². The number of carbonyl (C=O) groups is 1. The summed E-state index contributed by atoms with van der Waals surface area (Å²) >= 11 is 3.12. The van der Waals surface area contributed by atoms with Gasteiger partial charge in [0, 0.05) is 23.9 Å². The maximum Gasteiger partial charge on any atom is 0.261 e. The molecule has 1 aromatic carbocycles. The highest BCUT2D eigenvalue weighted by atomic mass is 32.2. The van der Waals surface area contributed by atoms with Crippen molar-refractivity contribution in [2.24, 2.45) is 7.05 Å². The lowest BCUT2D eigenvalue weighted by atomic mass is 10.3. The minimum Gasteiger partial charge on any atom is -0.351 e. The summed E-state index contributed by atoms with van der Waals surface area (Å²) in [5, 5.41) is 8.33. The van der Waals surface area contributed by atoms with Gasteiger partial charge in [-0.15, -0.1) is 23.1 Å². The van der Waals surface area contributed by atoms with Crippen LogP contribution in [-0.2, 0) is 7.05 Å². The van der Waals surface area contributed by atoms with Gasteiger partial charge in [0.05, 0.1) is 10.6 Å². The zero-order valence-corrected chi connectivity index (χ0v) is 15.1. The summed E-state index contributed by atoms with van der Waals surface area (Å²) in [6.45, 7) is 2.57. The highest BCUT2D eigenvalue weighted by molar-refractivity contribution is 7.99. The van der Waals surface area contributed by atoms with Crippen LogP contribution in [0.5, 0.6) is 0 Å². The molecule has 126 valence electrons. The highest BCUT2D eigenvalue weighted by Crippen LogP contribution is 2.27. The Kier molecular flexibility index (Phi) is 5.20. The van der Waals surface area contributed by atoms with Crippen LogP contribution in [0.3, 0.4) is 0 Å². The number of halogens is 1. The molecule has 1 N–H and O–H groups in total. The van der Waals surface area contributed by atoms with Gasteiger partial charge >= 0.3 is 0 Å². The first-order valence-electron chi connectivity index (χ1n) is 7.64. The lowest BCUT2D eigenvalue weighted by Crippen LogP contribution is -2.23. The summed E-state index contributed by atoms with van der Waals surface area (Å²) in [6, 6.07) is 8.37. The minimum absolute atomic E-state index is 0.0395. The smallest absolute Gasteiger partial charge is 0.261 e. The number of aryl methyl sites for hydroxylation is 2. The molecule has 0 fully saturated rings. The Labute approximate surface area is 148 Å². The number of rotatable bonds is 6. The van der Waals surface area contributed by atoms with Gasteiger partial charge in [-0.3, -0.25) is 9.48 Å². The largest absolute Gasteiger partial charge is 0.351 e. The van der Waals surface area contributed by atoms with E-state index < -0.39 is 0 Å². The second kappa shape index (κ2) is 7.36. The number of fused-ring (bicyclic) bond motifs is 1. The fraction of sp³-hybridized carbons (Fsp3) is 0.294. The lowest BCUT2D eigenvalue weighted by molar-refractivity contribution is 0.0958. The molecule has 2 heterocycles. The van der Waals surface area contributed by atoms with E-state index in [2.05, 4.69) is 10.4 Å². The van der Waals surface area contributed by atoms with E-state index in [1.165, 1.54) is 23.5 Å². The Morgan fingerprint density at radius 1 is 1.38 bits per heavy atom. The van der Waals surface area contributed by atoms with E-state index in [0.717, 1.165) is 33.0 Å². The molecule has 0 aliphatic rings. The highest BCUT2D eigenvalue weighted by Gasteiger charge is 2.14. The van der Waals surface area contributed by atoms with Crippen molar-refractivity contribution >= 4 is 39.2 Å². The first-order chi connectivity index (χ1) is 11.5. The number of carbonyl (C=O) groups excluding carboxylic acids is 1. The SMILES string of the molecule is Cc1nn(C)c2sc(C(=O)NCCCSc3ccc(F)cc3)cc12. The molecule has 0 aliphatic carbocycles. The molecule has 2 aromatic heterocycles. The molecule has 24 heavy (non-hydrogen) atoms. The maximum absolute atomic E-state index is 12.8. The number of thiophene rings is 1. The van der Waals surface area contributed by atoms with Gasteiger partial charge in [0.1, 0.15) is 10.6 Å². The number of benzene rings is 1. The van der Waals surface area contributed by atoms with E-state index >= 15 is 0 Å². The van der Waals surface area contributed by atoms with Crippen LogP contribution in [0, 0.1) is 12.7 Å². The molecule has 0 aliphatic heterocycles. The van der Waals surface area contributed by atoms with Crippen molar-refractivity contribution in [3.05, 3.63) is 46.7 Å². The number of hydrogen-bond acceptors (Lipinski definition) is 4. The van der Waals surface area contributed by atoms with E-state index in [4.69, 9.17) is 0 Å². The van der Waals surface area contributed by atoms with Crippen LogP contribution >= 0.6 is 23.1 Å². The summed E-state index contributed by atoms with van der Waals surface area (Å²) in [4.78, 5) is 15.0. The van der Waals surface area contributed by atoms with Crippen LogP contribution in [0.1, 0.15) is 21.8 Å². The molecule has 3 rings (SSSR count). The molecule has 0 unspecified atom stereocenters. The van der Waals surface area contributed by atoms with Crippen molar-refractivity contribution in [3.63, 3.8) is 0 Å². The maximum atomic E-state index is 12.8. The Bertz CT molecular complexity index is 820. The van der Waals surface area contributed by atoms with Crippen molar-refractivity contribution in [1.82, 2.24) is 15.1 Å². The van der Waals surface area contributed by atoms with Gasteiger partial charge in [-0.2, -0.15) is 5.10 Å². The predicted molar refractivity (Wildman–Crippen MR) is 97.4 cm³/mol. The third-order valence-corrected chi connectivity index (χ3v) is 5.91. The molecular formula is C17H18FN3OS2. The fourth-order valence-electron chi connectivity index (χ4n) is 2.40. The average Bonchev–Trinajstić information content (AvgIpc) is 3.11. The number of nitrogens with zero attached hydrogens (tertiary/aromatic N) is 2. The molecule has 0 radical (unpaired) electrons. The van der Waals surface area contributed by atoms with Crippen LogP contribution < -0.4 is 5.32 Å². The van der Waals surface area contributed by atoms with E-state index in [9.17, 15) is 9.18 Å². The van der Waals surface area contributed by atoms with Crippen molar-refractivity contribution in [1.29, 1.82) is 0 Å². The Hall–Kier alpha value is -1.86. The molecule has 0 atom stereocenters. The van der Waals surface area contributed by atoms with Gasteiger partial charge in [0.2, 0.25) is 0 Å². The minimum atomic E-state index is -0.222. The van der Waals surface area contributed by atoms with Gasteiger partial charge in [-0.1, -0.05) is 0 Å².